The van der Waals surface area contributed by atoms with E-state index in [1.165, 1.54) is 10.4 Å². The number of hydrogen-bond acceptors (Lipinski definition) is 4. The van der Waals surface area contributed by atoms with E-state index in [4.69, 9.17) is 15.5 Å². The molecule has 3 nitrogen and oxygen atoms in total. The number of hydrogen-bond donors (Lipinski definition) is 1. The quantitative estimate of drug-likeness (QED) is 0.870. The van der Waals surface area contributed by atoms with Crippen molar-refractivity contribution >= 4 is 11.3 Å². The molecule has 1 heterocycles. The average molecular weight is 262 g/mol. The van der Waals surface area contributed by atoms with Gasteiger partial charge in [0.05, 0.1) is 17.3 Å². The Bertz CT molecular complexity index is 482. The molecular weight excluding hydrogens is 244 g/mol. The van der Waals surface area contributed by atoms with Crippen LogP contribution in [-0.2, 0) is 17.6 Å². The molecule has 0 saturated heterocycles. The first-order valence-electron chi connectivity index (χ1n) is 6.08. The fraction of sp³-hybridized carbons (Fsp3) is 0.357. The highest BCUT2D eigenvalue weighted by Gasteiger charge is 2.12. The van der Waals surface area contributed by atoms with Crippen molar-refractivity contribution in [2.45, 2.75) is 12.8 Å². The summed E-state index contributed by atoms with van der Waals surface area (Å²) < 4.78 is 5.10. The second-order valence-corrected chi connectivity index (χ2v) is 5.20. The number of nitrogens with two attached hydrogens (primary N) is 1. The van der Waals surface area contributed by atoms with Crippen LogP contribution in [0.2, 0.25) is 0 Å². The molecule has 2 rings (SSSR count). The molecule has 0 unspecified atom stereocenters. The molecule has 0 fully saturated rings. The summed E-state index contributed by atoms with van der Waals surface area (Å²) in [7, 11) is 1.71. The summed E-state index contributed by atoms with van der Waals surface area (Å²) in [6, 6.07) is 10.3. The molecule has 0 radical (unpaired) electrons. The Kier molecular flexibility index (Phi) is 4.87. The van der Waals surface area contributed by atoms with Crippen LogP contribution in [0.3, 0.4) is 0 Å². The third-order valence-corrected chi connectivity index (χ3v) is 3.86. The standard InChI is InChI=1S/C14H18N2OS/c1-17-10-8-13-16-14(12(18-13)7-9-15)11-5-3-2-4-6-11/h2-6H,7-10,15H2,1H3. The Labute approximate surface area is 112 Å². The van der Waals surface area contributed by atoms with Crippen LogP contribution in [0, 0.1) is 0 Å². The molecule has 0 aliphatic carbocycles. The van der Waals surface area contributed by atoms with Crippen molar-refractivity contribution in [3.8, 4) is 11.3 Å². The lowest BCUT2D eigenvalue weighted by Gasteiger charge is -2.00. The van der Waals surface area contributed by atoms with E-state index >= 15 is 0 Å². The Morgan fingerprint density at radius 1 is 1.22 bits per heavy atom. The van der Waals surface area contributed by atoms with Crippen molar-refractivity contribution in [1.29, 1.82) is 0 Å². The van der Waals surface area contributed by atoms with E-state index < -0.39 is 0 Å². The van der Waals surface area contributed by atoms with E-state index in [1.807, 2.05) is 18.2 Å². The van der Waals surface area contributed by atoms with Gasteiger partial charge in [0.15, 0.2) is 0 Å². The second kappa shape index (κ2) is 6.64. The molecule has 18 heavy (non-hydrogen) atoms. The first-order valence-corrected chi connectivity index (χ1v) is 6.89. The zero-order valence-corrected chi connectivity index (χ0v) is 11.4. The Hall–Kier alpha value is -1.23. The molecule has 0 spiro atoms. The molecule has 0 saturated carbocycles. The summed E-state index contributed by atoms with van der Waals surface area (Å²) >= 11 is 1.75. The Morgan fingerprint density at radius 2 is 2.00 bits per heavy atom. The van der Waals surface area contributed by atoms with Crippen molar-refractivity contribution in [2.75, 3.05) is 20.3 Å². The Morgan fingerprint density at radius 3 is 2.67 bits per heavy atom. The first-order chi connectivity index (χ1) is 8.85. The van der Waals surface area contributed by atoms with Gasteiger partial charge in [-0.3, -0.25) is 0 Å². The molecule has 0 bridgehead atoms. The largest absolute Gasteiger partial charge is 0.384 e. The maximum absolute atomic E-state index is 5.67. The third-order valence-electron chi connectivity index (χ3n) is 2.68. The Balaban J connectivity index is 2.29. The lowest BCUT2D eigenvalue weighted by Crippen LogP contribution is -2.02. The van der Waals surface area contributed by atoms with Gasteiger partial charge >= 0.3 is 0 Å². The van der Waals surface area contributed by atoms with Crippen molar-refractivity contribution in [3.63, 3.8) is 0 Å². The van der Waals surface area contributed by atoms with Crippen molar-refractivity contribution in [3.05, 3.63) is 40.2 Å². The minimum absolute atomic E-state index is 0.658. The van der Waals surface area contributed by atoms with Crippen LogP contribution in [0.4, 0.5) is 0 Å². The summed E-state index contributed by atoms with van der Waals surface area (Å²) in [6.45, 7) is 1.37. The lowest BCUT2D eigenvalue weighted by atomic mass is 10.1. The monoisotopic (exact) mass is 262 g/mol. The molecule has 4 heteroatoms. The van der Waals surface area contributed by atoms with Gasteiger partial charge in [-0.05, 0) is 13.0 Å². The molecule has 1 aromatic carbocycles. The summed E-state index contributed by atoms with van der Waals surface area (Å²) in [5, 5.41) is 1.12. The highest BCUT2D eigenvalue weighted by Crippen LogP contribution is 2.28. The van der Waals surface area contributed by atoms with E-state index in [9.17, 15) is 0 Å². The van der Waals surface area contributed by atoms with E-state index in [0.29, 0.717) is 13.2 Å². The van der Waals surface area contributed by atoms with E-state index in [-0.39, 0.29) is 0 Å². The molecule has 0 aliphatic rings. The van der Waals surface area contributed by atoms with Crippen LogP contribution in [0.15, 0.2) is 30.3 Å². The molecule has 96 valence electrons. The SMILES string of the molecule is COCCc1nc(-c2ccccc2)c(CCN)s1. The van der Waals surface area contributed by atoms with Crippen molar-refractivity contribution in [2.24, 2.45) is 5.73 Å². The third kappa shape index (κ3) is 3.16. The van der Waals surface area contributed by atoms with Gasteiger partial charge in [0, 0.05) is 24.0 Å². The van der Waals surface area contributed by atoms with Crippen LogP contribution >= 0.6 is 11.3 Å². The number of ether oxygens (including phenoxy) is 1. The molecule has 2 aromatic rings. The molecule has 1 aromatic heterocycles. The van der Waals surface area contributed by atoms with Gasteiger partial charge in [-0.15, -0.1) is 11.3 Å². The van der Waals surface area contributed by atoms with E-state index in [1.54, 1.807) is 18.4 Å². The van der Waals surface area contributed by atoms with Gasteiger partial charge in [0.25, 0.3) is 0 Å². The summed E-state index contributed by atoms with van der Waals surface area (Å²) in [4.78, 5) is 5.99. The van der Waals surface area contributed by atoms with Crippen LogP contribution in [-0.4, -0.2) is 25.2 Å². The minimum Gasteiger partial charge on any atom is -0.384 e. The van der Waals surface area contributed by atoms with Gasteiger partial charge in [-0.25, -0.2) is 4.98 Å². The van der Waals surface area contributed by atoms with Gasteiger partial charge in [-0.1, -0.05) is 30.3 Å². The lowest BCUT2D eigenvalue weighted by molar-refractivity contribution is 0.202. The molecule has 0 amide bonds. The second-order valence-electron chi connectivity index (χ2n) is 4.03. The topological polar surface area (TPSA) is 48.1 Å². The van der Waals surface area contributed by atoms with Crippen LogP contribution in [0.5, 0.6) is 0 Å². The summed E-state index contributed by atoms with van der Waals surface area (Å²) in [6.07, 6.45) is 1.75. The van der Waals surface area contributed by atoms with E-state index in [0.717, 1.165) is 23.5 Å². The summed E-state index contributed by atoms with van der Waals surface area (Å²) in [5.41, 5.74) is 7.92. The zero-order valence-electron chi connectivity index (χ0n) is 10.6. The van der Waals surface area contributed by atoms with Crippen molar-refractivity contribution in [1.82, 2.24) is 4.98 Å². The predicted molar refractivity (Wildman–Crippen MR) is 75.9 cm³/mol. The van der Waals surface area contributed by atoms with Gasteiger partial charge < -0.3 is 10.5 Å². The van der Waals surface area contributed by atoms with E-state index in [2.05, 4.69) is 12.1 Å². The molecule has 0 atom stereocenters. The molecule has 2 N–H and O–H groups in total. The number of rotatable bonds is 6. The maximum Gasteiger partial charge on any atom is 0.0958 e. The number of aromatic nitrogens is 1. The first kappa shape index (κ1) is 13.2. The maximum atomic E-state index is 5.67. The molecule has 0 aliphatic heterocycles. The predicted octanol–water partition coefficient (Wildman–Crippen LogP) is 2.50. The number of methoxy groups -OCH3 is 1. The summed E-state index contributed by atoms with van der Waals surface area (Å²) in [5.74, 6) is 0. The average Bonchev–Trinajstić information content (AvgIpc) is 2.81. The fourth-order valence-corrected chi connectivity index (χ4v) is 2.91. The number of nitrogens with zero attached hydrogens (tertiary/aromatic N) is 1. The van der Waals surface area contributed by atoms with Crippen LogP contribution in [0.25, 0.3) is 11.3 Å². The zero-order chi connectivity index (χ0) is 12.8. The van der Waals surface area contributed by atoms with Gasteiger partial charge in [0.2, 0.25) is 0 Å². The number of benzene rings is 1. The fourth-order valence-electron chi connectivity index (χ4n) is 1.82. The van der Waals surface area contributed by atoms with Crippen LogP contribution in [0.1, 0.15) is 9.88 Å². The normalized spacial score (nSPS) is 10.8. The highest BCUT2D eigenvalue weighted by molar-refractivity contribution is 7.12. The number of thiazole rings is 1. The molecular formula is C14H18N2OS. The smallest absolute Gasteiger partial charge is 0.0958 e. The van der Waals surface area contributed by atoms with Gasteiger partial charge in [0.1, 0.15) is 0 Å². The minimum atomic E-state index is 0.658. The van der Waals surface area contributed by atoms with Crippen molar-refractivity contribution < 1.29 is 4.74 Å². The highest BCUT2D eigenvalue weighted by atomic mass is 32.1. The van der Waals surface area contributed by atoms with Gasteiger partial charge in [-0.2, -0.15) is 0 Å². The van der Waals surface area contributed by atoms with Crippen LogP contribution < -0.4 is 5.73 Å².